The molecule has 0 radical (unpaired) electrons. The van der Waals surface area contributed by atoms with Crippen LogP contribution in [0.3, 0.4) is 0 Å². The standard InChI is InChI=1S/C16H11NO4/c18-15(9-11-4-3-5-12(8-11)17(19)20)14-10-21-16-7-2-1-6-13(14)16/h1-8,10H,9H2. The summed E-state index contributed by atoms with van der Waals surface area (Å²) in [4.78, 5) is 22.6. The molecule has 0 spiro atoms. The monoisotopic (exact) mass is 281 g/mol. The number of hydrogen-bond acceptors (Lipinski definition) is 4. The maximum absolute atomic E-state index is 12.3. The first-order chi connectivity index (χ1) is 10.1. The molecule has 5 heteroatoms. The Hall–Kier alpha value is -2.95. The molecule has 0 amide bonds. The van der Waals surface area contributed by atoms with Gasteiger partial charge in [0.1, 0.15) is 11.8 Å². The van der Waals surface area contributed by atoms with Crippen LogP contribution in [0.25, 0.3) is 11.0 Å². The second-order valence-electron chi connectivity index (χ2n) is 4.67. The molecule has 2 aromatic carbocycles. The van der Waals surface area contributed by atoms with Crippen molar-refractivity contribution in [3.05, 3.63) is 76.0 Å². The molecule has 0 aliphatic heterocycles. The number of carbonyl (C=O) groups is 1. The van der Waals surface area contributed by atoms with E-state index in [2.05, 4.69) is 0 Å². The maximum Gasteiger partial charge on any atom is 0.269 e. The quantitative estimate of drug-likeness (QED) is 0.414. The van der Waals surface area contributed by atoms with Crippen molar-refractivity contribution < 1.29 is 14.1 Å². The molecule has 1 aromatic heterocycles. The Labute approximate surface area is 120 Å². The van der Waals surface area contributed by atoms with Crippen molar-refractivity contribution in [2.24, 2.45) is 0 Å². The number of furan rings is 1. The number of hydrogen-bond donors (Lipinski definition) is 0. The number of nitro benzene ring substituents is 1. The summed E-state index contributed by atoms with van der Waals surface area (Å²) >= 11 is 0. The number of para-hydroxylation sites is 1. The van der Waals surface area contributed by atoms with Gasteiger partial charge in [-0.25, -0.2) is 0 Å². The number of benzene rings is 2. The van der Waals surface area contributed by atoms with E-state index >= 15 is 0 Å². The number of carbonyl (C=O) groups excluding carboxylic acids is 1. The van der Waals surface area contributed by atoms with Gasteiger partial charge in [-0.05, 0) is 11.6 Å². The van der Waals surface area contributed by atoms with Crippen molar-refractivity contribution in [2.75, 3.05) is 0 Å². The minimum absolute atomic E-state index is 0.0163. The number of non-ortho nitro benzene ring substituents is 1. The van der Waals surface area contributed by atoms with Gasteiger partial charge in [0.25, 0.3) is 5.69 Å². The number of rotatable bonds is 4. The fourth-order valence-electron chi connectivity index (χ4n) is 2.25. The summed E-state index contributed by atoms with van der Waals surface area (Å²) < 4.78 is 5.34. The van der Waals surface area contributed by atoms with E-state index in [0.29, 0.717) is 16.7 Å². The molecular weight excluding hydrogens is 270 g/mol. The van der Waals surface area contributed by atoms with Gasteiger partial charge in [0.2, 0.25) is 0 Å². The predicted molar refractivity (Wildman–Crippen MR) is 77.3 cm³/mol. The zero-order valence-electron chi connectivity index (χ0n) is 11.0. The van der Waals surface area contributed by atoms with Crippen LogP contribution in [0.2, 0.25) is 0 Å². The Bertz CT molecular complexity index is 835. The van der Waals surface area contributed by atoms with Gasteiger partial charge >= 0.3 is 0 Å². The molecule has 0 saturated heterocycles. The van der Waals surface area contributed by atoms with E-state index in [9.17, 15) is 14.9 Å². The van der Waals surface area contributed by atoms with E-state index in [1.807, 2.05) is 18.2 Å². The molecule has 1 heterocycles. The third-order valence-corrected chi connectivity index (χ3v) is 3.27. The minimum atomic E-state index is -0.471. The summed E-state index contributed by atoms with van der Waals surface area (Å²) in [6.07, 6.45) is 1.54. The fourth-order valence-corrected chi connectivity index (χ4v) is 2.25. The lowest BCUT2D eigenvalue weighted by molar-refractivity contribution is -0.384. The highest BCUT2D eigenvalue weighted by Gasteiger charge is 2.15. The molecule has 5 nitrogen and oxygen atoms in total. The zero-order chi connectivity index (χ0) is 14.8. The predicted octanol–water partition coefficient (Wildman–Crippen LogP) is 3.77. The average molecular weight is 281 g/mol. The SMILES string of the molecule is O=C(Cc1cccc([N+](=O)[O-])c1)c1coc2ccccc12. The highest BCUT2D eigenvalue weighted by Crippen LogP contribution is 2.23. The molecule has 0 aliphatic carbocycles. The second-order valence-corrected chi connectivity index (χ2v) is 4.67. The number of nitro groups is 1. The molecule has 21 heavy (non-hydrogen) atoms. The minimum Gasteiger partial charge on any atom is -0.464 e. The molecule has 0 atom stereocenters. The molecule has 0 saturated carbocycles. The normalized spacial score (nSPS) is 10.7. The second kappa shape index (κ2) is 5.20. The summed E-state index contributed by atoms with van der Waals surface area (Å²) in [5.41, 5.74) is 1.74. The zero-order valence-corrected chi connectivity index (χ0v) is 11.0. The van der Waals surface area contributed by atoms with Crippen LogP contribution in [0, 0.1) is 10.1 Å². The Morgan fingerprint density at radius 2 is 1.95 bits per heavy atom. The first-order valence-electron chi connectivity index (χ1n) is 6.38. The maximum atomic E-state index is 12.3. The third kappa shape index (κ3) is 2.53. The average Bonchev–Trinajstić information content (AvgIpc) is 2.91. The molecule has 0 N–H and O–H groups in total. The number of fused-ring (bicyclic) bond motifs is 1. The lowest BCUT2D eigenvalue weighted by atomic mass is 10.0. The highest BCUT2D eigenvalue weighted by molar-refractivity contribution is 6.07. The van der Waals surface area contributed by atoms with Crippen LogP contribution in [0.5, 0.6) is 0 Å². The van der Waals surface area contributed by atoms with Crippen LogP contribution >= 0.6 is 0 Å². The van der Waals surface area contributed by atoms with Gasteiger partial charge in [0, 0.05) is 23.9 Å². The van der Waals surface area contributed by atoms with Gasteiger partial charge in [-0.15, -0.1) is 0 Å². The van der Waals surface area contributed by atoms with Gasteiger partial charge < -0.3 is 4.42 Å². The Balaban J connectivity index is 1.90. The van der Waals surface area contributed by atoms with Crippen LogP contribution in [0.4, 0.5) is 5.69 Å². The number of ketones is 1. The molecule has 3 aromatic rings. The number of Topliss-reactive ketones (excluding diaryl/α,β-unsaturated/α-hetero) is 1. The Kier molecular flexibility index (Phi) is 3.23. The van der Waals surface area contributed by atoms with Gasteiger partial charge in [0.15, 0.2) is 5.78 Å². The van der Waals surface area contributed by atoms with E-state index in [-0.39, 0.29) is 17.9 Å². The molecule has 104 valence electrons. The van der Waals surface area contributed by atoms with Crippen LogP contribution in [0.1, 0.15) is 15.9 Å². The first kappa shape index (κ1) is 13.1. The van der Waals surface area contributed by atoms with Crippen molar-refractivity contribution in [2.45, 2.75) is 6.42 Å². The molecule has 0 bridgehead atoms. The fraction of sp³-hybridized carbons (Fsp3) is 0.0625. The lowest BCUT2D eigenvalue weighted by Gasteiger charge is -2.00. The van der Waals surface area contributed by atoms with Crippen molar-refractivity contribution in [1.82, 2.24) is 0 Å². The van der Waals surface area contributed by atoms with Gasteiger partial charge in [-0.2, -0.15) is 0 Å². The van der Waals surface area contributed by atoms with E-state index in [1.165, 1.54) is 18.4 Å². The van der Waals surface area contributed by atoms with Crippen LogP contribution in [-0.4, -0.2) is 10.7 Å². The van der Waals surface area contributed by atoms with E-state index < -0.39 is 4.92 Å². The smallest absolute Gasteiger partial charge is 0.269 e. The van der Waals surface area contributed by atoms with Gasteiger partial charge in [0.05, 0.1) is 10.5 Å². The van der Waals surface area contributed by atoms with Crippen LogP contribution in [0.15, 0.2) is 59.2 Å². The van der Waals surface area contributed by atoms with E-state index in [1.54, 1.807) is 18.2 Å². The molecule has 0 unspecified atom stereocenters. The van der Waals surface area contributed by atoms with Crippen molar-refractivity contribution in [3.8, 4) is 0 Å². The molecule has 0 fully saturated rings. The van der Waals surface area contributed by atoms with Crippen molar-refractivity contribution in [1.29, 1.82) is 0 Å². The van der Waals surface area contributed by atoms with Gasteiger partial charge in [-0.1, -0.05) is 30.3 Å². The third-order valence-electron chi connectivity index (χ3n) is 3.27. The molecule has 0 aliphatic rings. The Morgan fingerprint density at radius 1 is 1.14 bits per heavy atom. The van der Waals surface area contributed by atoms with E-state index in [0.717, 1.165) is 5.39 Å². The van der Waals surface area contributed by atoms with Crippen LogP contribution in [-0.2, 0) is 6.42 Å². The number of nitrogens with zero attached hydrogens (tertiary/aromatic N) is 1. The van der Waals surface area contributed by atoms with Crippen molar-refractivity contribution in [3.63, 3.8) is 0 Å². The Morgan fingerprint density at radius 3 is 2.76 bits per heavy atom. The van der Waals surface area contributed by atoms with Crippen LogP contribution < -0.4 is 0 Å². The summed E-state index contributed by atoms with van der Waals surface area (Å²) in [5, 5.41) is 11.5. The highest BCUT2D eigenvalue weighted by atomic mass is 16.6. The van der Waals surface area contributed by atoms with E-state index in [4.69, 9.17) is 4.42 Å². The van der Waals surface area contributed by atoms with Gasteiger partial charge in [-0.3, -0.25) is 14.9 Å². The lowest BCUT2D eigenvalue weighted by Crippen LogP contribution is -2.03. The topological polar surface area (TPSA) is 73.3 Å². The first-order valence-corrected chi connectivity index (χ1v) is 6.38. The molecule has 3 rings (SSSR count). The largest absolute Gasteiger partial charge is 0.464 e. The van der Waals surface area contributed by atoms with Crippen molar-refractivity contribution >= 4 is 22.4 Å². The summed E-state index contributed by atoms with van der Waals surface area (Å²) in [5.74, 6) is -0.125. The summed E-state index contributed by atoms with van der Waals surface area (Å²) in [6.45, 7) is 0. The molecular formula is C16H11NO4. The summed E-state index contributed by atoms with van der Waals surface area (Å²) in [7, 11) is 0. The summed E-state index contributed by atoms with van der Waals surface area (Å²) in [6, 6.07) is 13.4.